The van der Waals surface area contributed by atoms with Crippen LogP contribution in [0.5, 0.6) is 11.5 Å². The highest BCUT2D eigenvalue weighted by molar-refractivity contribution is 6.08. The third-order valence-corrected chi connectivity index (χ3v) is 4.42. The lowest BCUT2D eigenvalue weighted by Gasteiger charge is -2.16. The van der Waals surface area contributed by atoms with Gasteiger partial charge in [-0.05, 0) is 29.7 Å². The molecule has 26 heavy (non-hydrogen) atoms. The molecule has 1 atom stereocenters. The van der Waals surface area contributed by atoms with Gasteiger partial charge in [0, 0.05) is 17.4 Å². The molecule has 0 spiro atoms. The van der Waals surface area contributed by atoms with E-state index in [1.165, 1.54) is 6.07 Å². The van der Waals surface area contributed by atoms with Crippen LogP contribution in [0.1, 0.15) is 16.8 Å². The standard InChI is InChI=1S/C21H19NO4/c23-19-12-15(11-14-5-1-2-6-17(14)19)21(24)22-18-7-3-4-8-20(18)26-16-9-10-25-13-16/h1-8,11-12,16,23H,9-10,13H2,(H,22,24)/t16-/m0/s1. The van der Waals surface area contributed by atoms with Gasteiger partial charge in [0.25, 0.3) is 5.91 Å². The number of ether oxygens (including phenoxy) is 2. The molecule has 0 unspecified atom stereocenters. The number of rotatable bonds is 4. The van der Waals surface area contributed by atoms with Crippen molar-refractivity contribution in [1.29, 1.82) is 0 Å². The van der Waals surface area contributed by atoms with Gasteiger partial charge in [-0.2, -0.15) is 0 Å². The van der Waals surface area contributed by atoms with Crippen LogP contribution in [0.2, 0.25) is 0 Å². The fourth-order valence-corrected chi connectivity index (χ4v) is 3.07. The summed E-state index contributed by atoms with van der Waals surface area (Å²) in [5.74, 6) is 0.395. The van der Waals surface area contributed by atoms with Gasteiger partial charge in [0.1, 0.15) is 17.6 Å². The molecule has 0 aliphatic carbocycles. The molecule has 132 valence electrons. The first kappa shape index (κ1) is 16.4. The van der Waals surface area contributed by atoms with Crippen LogP contribution in [-0.4, -0.2) is 30.3 Å². The van der Waals surface area contributed by atoms with Crippen molar-refractivity contribution >= 4 is 22.4 Å². The maximum Gasteiger partial charge on any atom is 0.255 e. The van der Waals surface area contributed by atoms with Crippen LogP contribution in [0.25, 0.3) is 10.8 Å². The minimum Gasteiger partial charge on any atom is -0.507 e. The number of para-hydroxylation sites is 2. The molecular formula is C21H19NO4. The maximum atomic E-state index is 12.7. The summed E-state index contributed by atoms with van der Waals surface area (Å²) < 4.78 is 11.3. The van der Waals surface area contributed by atoms with Crippen LogP contribution in [0.3, 0.4) is 0 Å². The zero-order chi connectivity index (χ0) is 17.9. The molecule has 1 amide bonds. The van der Waals surface area contributed by atoms with Gasteiger partial charge in [0.2, 0.25) is 0 Å². The molecule has 3 aromatic rings. The molecular weight excluding hydrogens is 330 g/mol. The van der Waals surface area contributed by atoms with Crippen molar-refractivity contribution < 1.29 is 19.4 Å². The van der Waals surface area contributed by atoms with Gasteiger partial charge in [0.15, 0.2) is 0 Å². The monoisotopic (exact) mass is 349 g/mol. The van der Waals surface area contributed by atoms with Crippen LogP contribution in [0, 0.1) is 0 Å². The van der Waals surface area contributed by atoms with E-state index in [-0.39, 0.29) is 17.8 Å². The van der Waals surface area contributed by atoms with Crippen molar-refractivity contribution in [3.05, 3.63) is 66.2 Å². The quantitative estimate of drug-likeness (QED) is 0.748. The second kappa shape index (κ2) is 7.06. The van der Waals surface area contributed by atoms with E-state index in [4.69, 9.17) is 9.47 Å². The summed E-state index contributed by atoms with van der Waals surface area (Å²) in [4.78, 5) is 12.7. The summed E-state index contributed by atoms with van der Waals surface area (Å²) in [5, 5.41) is 14.6. The van der Waals surface area contributed by atoms with Crippen LogP contribution in [0.15, 0.2) is 60.7 Å². The Labute approximate surface area is 151 Å². The predicted octanol–water partition coefficient (Wildman–Crippen LogP) is 3.97. The molecule has 1 saturated heterocycles. The maximum absolute atomic E-state index is 12.7. The molecule has 1 fully saturated rings. The number of fused-ring (bicyclic) bond motifs is 1. The number of nitrogens with one attached hydrogen (secondary N) is 1. The van der Waals surface area contributed by atoms with E-state index in [1.54, 1.807) is 12.1 Å². The van der Waals surface area contributed by atoms with Crippen LogP contribution < -0.4 is 10.1 Å². The van der Waals surface area contributed by atoms with Crippen molar-refractivity contribution in [2.24, 2.45) is 0 Å². The Hall–Kier alpha value is -3.05. The molecule has 1 aliphatic rings. The van der Waals surface area contributed by atoms with Crippen molar-refractivity contribution in [3.8, 4) is 11.5 Å². The first-order valence-corrected chi connectivity index (χ1v) is 8.57. The number of anilines is 1. The van der Waals surface area contributed by atoms with Crippen LogP contribution in [0.4, 0.5) is 5.69 Å². The van der Waals surface area contributed by atoms with Gasteiger partial charge in [-0.1, -0.05) is 36.4 Å². The van der Waals surface area contributed by atoms with Gasteiger partial charge in [0.05, 0.1) is 18.9 Å². The Balaban J connectivity index is 1.58. The van der Waals surface area contributed by atoms with Gasteiger partial charge in [-0.15, -0.1) is 0 Å². The molecule has 5 heteroatoms. The number of phenols is 1. The number of hydrogen-bond acceptors (Lipinski definition) is 4. The Bertz CT molecular complexity index is 948. The van der Waals surface area contributed by atoms with Crippen molar-refractivity contribution in [2.45, 2.75) is 12.5 Å². The predicted molar refractivity (Wildman–Crippen MR) is 99.9 cm³/mol. The summed E-state index contributed by atoms with van der Waals surface area (Å²) in [6, 6.07) is 18.0. The topological polar surface area (TPSA) is 67.8 Å². The highest BCUT2D eigenvalue weighted by Gasteiger charge is 2.19. The van der Waals surface area contributed by atoms with E-state index in [1.807, 2.05) is 42.5 Å². The second-order valence-corrected chi connectivity index (χ2v) is 6.27. The summed E-state index contributed by atoms with van der Waals surface area (Å²) in [5.41, 5.74) is 0.984. The third-order valence-electron chi connectivity index (χ3n) is 4.42. The van der Waals surface area contributed by atoms with Gasteiger partial charge in [-0.25, -0.2) is 0 Å². The Morgan fingerprint density at radius 3 is 2.77 bits per heavy atom. The summed E-state index contributed by atoms with van der Waals surface area (Å²) in [6.07, 6.45) is 0.832. The minimum atomic E-state index is -0.301. The number of benzene rings is 3. The Kier molecular flexibility index (Phi) is 4.46. The lowest BCUT2D eigenvalue weighted by molar-refractivity contribution is 0.102. The largest absolute Gasteiger partial charge is 0.507 e. The van der Waals surface area contributed by atoms with E-state index >= 15 is 0 Å². The molecule has 2 N–H and O–H groups in total. The number of phenolic OH excluding ortho intramolecular Hbond substituents is 1. The molecule has 5 nitrogen and oxygen atoms in total. The Morgan fingerprint density at radius 2 is 1.92 bits per heavy atom. The number of carbonyl (C=O) groups is 1. The SMILES string of the molecule is O=C(Nc1ccccc1O[C@H]1CCOC1)c1cc(O)c2ccccc2c1. The smallest absolute Gasteiger partial charge is 0.255 e. The number of aromatic hydroxyl groups is 1. The summed E-state index contributed by atoms with van der Waals surface area (Å²) in [7, 11) is 0. The molecule has 0 radical (unpaired) electrons. The first-order chi connectivity index (χ1) is 12.7. The zero-order valence-electron chi connectivity index (χ0n) is 14.1. The van der Waals surface area contributed by atoms with Crippen LogP contribution in [-0.2, 0) is 4.74 Å². The van der Waals surface area contributed by atoms with E-state index in [0.29, 0.717) is 35.6 Å². The zero-order valence-corrected chi connectivity index (χ0v) is 14.1. The lowest BCUT2D eigenvalue weighted by Crippen LogP contribution is -2.18. The highest BCUT2D eigenvalue weighted by Crippen LogP contribution is 2.29. The average molecular weight is 349 g/mol. The van der Waals surface area contributed by atoms with Crippen molar-refractivity contribution in [1.82, 2.24) is 0 Å². The number of amides is 1. The molecule has 0 saturated carbocycles. The minimum absolute atomic E-state index is 0.00207. The number of hydrogen-bond donors (Lipinski definition) is 2. The Morgan fingerprint density at radius 1 is 1.12 bits per heavy atom. The third kappa shape index (κ3) is 3.34. The van der Waals surface area contributed by atoms with E-state index in [9.17, 15) is 9.90 Å². The fraction of sp³-hybridized carbons (Fsp3) is 0.190. The van der Waals surface area contributed by atoms with E-state index < -0.39 is 0 Å². The summed E-state index contributed by atoms with van der Waals surface area (Å²) in [6.45, 7) is 1.25. The van der Waals surface area contributed by atoms with Gasteiger partial charge >= 0.3 is 0 Å². The second-order valence-electron chi connectivity index (χ2n) is 6.27. The highest BCUT2D eigenvalue weighted by atomic mass is 16.5. The molecule has 0 bridgehead atoms. The van der Waals surface area contributed by atoms with Crippen molar-refractivity contribution in [2.75, 3.05) is 18.5 Å². The molecule has 4 rings (SSSR count). The average Bonchev–Trinajstić information content (AvgIpc) is 3.16. The number of carbonyl (C=O) groups excluding carboxylic acids is 1. The van der Waals surface area contributed by atoms with Crippen molar-refractivity contribution in [3.63, 3.8) is 0 Å². The molecule has 3 aromatic carbocycles. The van der Waals surface area contributed by atoms with Crippen LogP contribution >= 0.6 is 0 Å². The normalized spacial score (nSPS) is 16.5. The van der Waals surface area contributed by atoms with E-state index in [2.05, 4.69) is 5.32 Å². The van der Waals surface area contributed by atoms with Gasteiger partial charge < -0.3 is 19.9 Å². The molecule has 1 heterocycles. The molecule has 0 aromatic heterocycles. The van der Waals surface area contributed by atoms with Gasteiger partial charge in [-0.3, -0.25) is 4.79 Å². The summed E-state index contributed by atoms with van der Waals surface area (Å²) >= 11 is 0. The molecule has 1 aliphatic heterocycles. The lowest BCUT2D eigenvalue weighted by atomic mass is 10.1. The van der Waals surface area contributed by atoms with E-state index in [0.717, 1.165) is 11.8 Å². The first-order valence-electron chi connectivity index (χ1n) is 8.57. The fourth-order valence-electron chi connectivity index (χ4n) is 3.07.